The summed E-state index contributed by atoms with van der Waals surface area (Å²) in [6.07, 6.45) is 0. The standard InChI is InChI=1S/C18H18N4O4S/c1-25-12-7-11(8-13(9-12)26-2)20-16(23)10-27-18-21-15-6-4-3-5-14(15)17(24)22(18)19/h3-9H,10,19H2,1-2H3,(H,20,23). The first-order valence-electron chi connectivity index (χ1n) is 7.94. The number of thioether (sulfide) groups is 1. The molecule has 0 unspecified atom stereocenters. The van der Waals surface area contributed by atoms with Gasteiger partial charge in [-0.3, -0.25) is 9.59 Å². The summed E-state index contributed by atoms with van der Waals surface area (Å²) in [5.74, 6) is 6.69. The van der Waals surface area contributed by atoms with Gasteiger partial charge >= 0.3 is 0 Å². The number of hydrogen-bond acceptors (Lipinski definition) is 7. The molecule has 3 rings (SSSR count). The lowest BCUT2D eigenvalue weighted by molar-refractivity contribution is -0.113. The van der Waals surface area contributed by atoms with Crippen molar-refractivity contribution in [3.63, 3.8) is 0 Å². The van der Waals surface area contributed by atoms with E-state index in [4.69, 9.17) is 15.3 Å². The van der Waals surface area contributed by atoms with Gasteiger partial charge in [-0.25, -0.2) is 9.66 Å². The van der Waals surface area contributed by atoms with Crippen LogP contribution in [0.4, 0.5) is 5.69 Å². The van der Waals surface area contributed by atoms with Crippen LogP contribution in [0.25, 0.3) is 10.9 Å². The number of para-hydroxylation sites is 1. The van der Waals surface area contributed by atoms with E-state index in [1.165, 1.54) is 14.2 Å². The number of nitrogens with one attached hydrogen (secondary N) is 1. The van der Waals surface area contributed by atoms with Crippen LogP contribution in [-0.4, -0.2) is 35.5 Å². The number of rotatable bonds is 6. The van der Waals surface area contributed by atoms with Crippen LogP contribution < -0.4 is 26.2 Å². The molecule has 1 heterocycles. The second-order valence-electron chi connectivity index (χ2n) is 5.52. The Morgan fingerprint density at radius 3 is 2.52 bits per heavy atom. The van der Waals surface area contributed by atoms with E-state index < -0.39 is 0 Å². The van der Waals surface area contributed by atoms with Gasteiger partial charge < -0.3 is 20.6 Å². The van der Waals surface area contributed by atoms with Gasteiger partial charge in [-0.1, -0.05) is 23.9 Å². The van der Waals surface area contributed by atoms with E-state index >= 15 is 0 Å². The number of ether oxygens (including phenoxy) is 2. The van der Waals surface area contributed by atoms with Crippen molar-refractivity contribution in [3.8, 4) is 11.5 Å². The Labute approximate surface area is 159 Å². The van der Waals surface area contributed by atoms with E-state index in [-0.39, 0.29) is 22.4 Å². The lowest BCUT2D eigenvalue weighted by Crippen LogP contribution is -2.30. The summed E-state index contributed by atoms with van der Waals surface area (Å²) in [4.78, 5) is 28.9. The van der Waals surface area contributed by atoms with E-state index in [9.17, 15) is 9.59 Å². The minimum atomic E-state index is -0.360. The molecule has 3 N–H and O–H groups in total. The van der Waals surface area contributed by atoms with Crippen molar-refractivity contribution in [2.75, 3.05) is 31.1 Å². The first kappa shape index (κ1) is 18.6. The van der Waals surface area contributed by atoms with Gasteiger partial charge in [0.25, 0.3) is 5.56 Å². The topological polar surface area (TPSA) is 108 Å². The molecule has 2 aromatic carbocycles. The van der Waals surface area contributed by atoms with Crippen LogP contribution in [0.15, 0.2) is 52.4 Å². The lowest BCUT2D eigenvalue weighted by atomic mass is 10.2. The number of hydrogen-bond donors (Lipinski definition) is 2. The number of carbonyl (C=O) groups excluding carboxylic acids is 1. The molecule has 8 nitrogen and oxygen atoms in total. The molecule has 0 spiro atoms. The molecule has 0 saturated heterocycles. The Hall–Kier alpha value is -3.20. The molecule has 0 fully saturated rings. The van der Waals surface area contributed by atoms with Gasteiger partial charge in [0.05, 0.1) is 30.9 Å². The monoisotopic (exact) mass is 386 g/mol. The molecule has 3 aromatic rings. The van der Waals surface area contributed by atoms with Gasteiger partial charge in [-0.15, -0.1) is 0 Å². The number of methoxy groups -OCH3 is 2. The van der Waals surface area contributed by atoms with Crippen molar-refractivity contribution in [2.45, 2.75) is 5.16 Å². The maximum absolute atomic E-state index is 12.3. The number of nitrogens with zero attached hydrogens (tertiary/aromatic N) is 2. The van der Waals surface area contributed by atoms with Crippen molar-refractivity contribution in [3.05, 3.63) is 52.8 Å². The van der Waals surface area contributed by atoms with Crippen LogP contribution in [0.3, 0.4) is 0 Å². The van der Waals surface area contributed by atoms with Crippen molar-refractivity contribution >= 4 is 34.3 Å². The zero-order valence-electron chi connectivity index (χ0n) is 14.8. The molecular weight excluding hydrogens is 368 g/mol. The quantitative estimate of drug-likeness (QED) is 0.378. The Morgan fingerprint density at radius 1 is 1.19 bits per heavy atom. The van der Waals surface area contributed by atoms with Gasteiger partial charge in [0.1, 0.15) is 11.5 Å². The summed E-state index contributed by atoms with van der Waals surface area (Å²) in [5.41, 5.74) is 0.707. The molecule has 1 amide bonds. The Balaban J connectivity index is 1.74. The number of carbonyl (C=O) groups is 1. The number of benzene rings is 2. The van der Waals surface area contributed by atoms with Crippen molar-refractivity contribution in [1.82, 2.24) is 9.66 Å². The minimum Gasteiger partial charge on any atom is -0.497 e. The Bertz CT molecular complexity index is 1030. The van der Waals surface area contributed by atoms with E-state index in [1.54, 1.807) is 42.5 Å². The van der Waals surface area contributed by atoms with Crippen molar-refractivity contribution in [2.24, 2.45) is 0 Å². The third kappa shape index (κ3) is 4.14. The van der Waals surface area contributed by atoms with E-state index in [0.29, 0.717) is 28.1 Å². The molecule has 9 heteroatoms. The largest absolute Gasteiger partial charge is 0.497 e. The molecule has 0 aliphatic carbocycles. The minimum absolute atomic E-state index is 0.0293. The predicted molar refractivity (Wildman–Crippen MR) is 105 cm³/mol. The maximum Gasteiger partial charge on any atom is 0.280 e. The second-order valence-corrected chi connectivity index (χ2v) is 6.47. The highest BCUT2D eigenvalue weighted by molar-refractivity contribution is 7.99. The van der Waals surface area contributed by atoms with Gasteiger partial charge in [-0.05, 0) is 12.1 Å². The average molecular weight is 386 g/mol. The average Bonchev–Trinajstić information content (AvgIpc) is 2.69. The number of nitrogen functional groups attached to an aromatic ring is 1. The predicted octanol–water partition coefficient (Wildman–Crippen LogP) is 1.86. The van der Waals surface area contributed by atoms with E-state index in [1.807, 2.05) is 0 Å². The highest BCUT2D eigenvalue weighted by Gasteiger charge is 2.12. The summed E-state index contributed by atoms with van der Waals surface area (Å²) >= 11 is 1.08. The first-order chi connectivity index (χ1) is 13.0. The van der Waals surface area contributed by atoms with Gasteiger partial charge in [0, 0.05) is 23.9 Å². The third-order valence-corrected chi connectivity index (χ3v) is 4.70. The molecule has 140 valence electrons. The molecule has 1 aromatic heterocycles. The molecular formula is C18H18N4O4S. The Morgan fingerprint density at radius 2 is 1.85 bits per heavy atom. The van der Waals surface area contributed by atoms with E-state index in [2.05, 4.69) is 10.3 Å². The first-order valence-corrected chi connectivity index (χ1v) is 8.93. The van der Waals surface area contributed by atoms with Crippen molar-refractivity contribution < 1.29 is 14.3 Å². The molecule has 0 bridgehead atoms. The fraction of sp³-hybridized carbons (Fsp3) is 0.167. The molecule has 0 radical (unpaired) electrons. The Kier molecular flexibility index (Phi) is 5.51. The highest BCUT2D eigenvalue weighted by atomic mass is 32.2. The molecule has 0 aliphatic heterocycles. The van der Waals surface area contributed by atoms with Gasteiger partial charge in [0.15, 0.2) is 5.16 Å². The molecule has 27 heavy (non-hydrogen) atoms. The summed E-state index contributed by atoms with van der Waals surface area (Å²) in [6.45, 7) is 0. The fourth-order valence-corrected chi connectivity index (χ4v) is 3.15. The van der Waals surface area contributed by atoms with Crippen LogP contribution >= 0.6 is 11.8 Å². The van der Waals surface area contributed by atoms with Crippen LogP contribution in [-0.2, 0) is 4.79 Å². The zero-order chi connectivity index (χ0) is 19.4. The maximum atomic E-state index is 12.3. The SMILES string of the molecule is COc1cc(NC(=O)CSc2nc3ccccc3c(=O)n2N)cc(OC)c1. The van der Waals surface area contributed by atoms with Crippen LogP contribution in [0.1, 0.15) is 0 Å². The zero-order valence-corrected chi connectivity index (χ0v) is 15.6. The lowest BCUT2D eigenvalue weighted by Gasteiger charge is -2.10. The summed E-state index contributed by atoms with van der Waals surface area (Å²) in [5, 5.41) is 3.45. The van der Waals surface area contributed by atoms with Gasteiger partial charge in [-0.2, -0.15) is 0 Å². The summed E-state index contributed by atoms with van der Waals surface area (Å²) < 4.78 is 11.3. The number of aromatic nitrogens is 2. The molecule has 0 atom stereocenters. The van der Waals surface area contributed by atoms with Gasteiger partial charge in [0.2, 0.25) is 5.91 Å². The number of nitrogens with two attached hydrogens (primary N) is 1. The van der Waals surface area contributed by atoms with Crippen LogP contribution in [0.5, 0.6) is 11.5 Å². The summed E-state index contributed by atoms with van der Waals surface area (Å²) in [7, 11) is 3.06. The molecule has 0 aliphatic rings. The van der Waals surface area contributed by atoms with E-state index in [0.717, 1.165) is 16.4 Å². The summed E-state index contributed by atoms with van der Waals surface area (Å²) in [6, 6.07) is 12.0. The van der Waals surface area contributed by atoms with Crippen LogP contribution in [0.2, 0.25) is 0 Å². The second kappa shape index (κ2) is 8.00. The number of fused-ring (bicyclic) bond motifs is 1. The molecule has 0 saturated carbocycles. The van der Waals surface area contributed by atoms with Crippen LogP contribution in [0, 0.1) is 0 Å². The normalized spacial score (nSPS) is 10.6. The number of anilines is 1. The fourth-order valence-electron chi connectivity index (χ4n) is 2.43. The van der Waals surface area contributed by atoms with Crippen molar-refractivity contribution in [1.29, 1.82) is 0 Å². The number of amides is 1. The third-order valence-electron chi connectivity index (χ3n) is 3.74. The smallest absolute Gasteiger partial charge is 0.280 e. The highest BCUT2D eigenvalue weighted by Crippen LogP contribution is 2.26.